The molecule has 0 aromatic carbocycles. The molecule has 1 aromatic rings. The maximum atomic E-state index is 4.32. The number of likely N-dealkylation sites (N-methyl/N-ethyl adjacent to an activating group) is 1. The number of hydrogen-bond acceptors (Lipinski definition) is 4. The average Bonchev–Trinajstić information content (AvgIpc) is 2.70. The van der Waals surface area contributed by atoms with E-state index in [1.54, 1.807) is 11.3 Å². The monoisotopic (exact) mass is 239 g/mol. The van der Waals surface area contributed by atoms with Gasteiger partial charge >= 0.3 is 0 Å². The third kappa shape index (κ3) is 3.54. The van der Waals surface area contributed by atoms with E-state index < -0.39 is 0 Å². The van der Waals surface area contributed by atoms with Crippen molar-refractivity contribution in [2.24, 2.45) is 5.92 Å². The number of thiazole rings is 1. The Balaban J connectivity index is 1.76. The molecule has 1 aliphatic heterocycles. The van der Waals surface area contributed by atoms with Crippen LogP contribution in [0.4, 0.5) is 0 Å². The lowest BCUT2D eigenvalue weighted by molar-refractivity contribution is 0.229. The zero-order valence-electron chi connectivity index (χ0n) is 10.1. The molecular weight excluding hydrogens is 218 g/mol. The summed E-state index contributed by atoms with van der Waals surface area (Å²) in [6.45, 7) is 5.63. The Labute approximate surface area is 102 Å². The molecule has 0 amide bonds. The van der Waals surface area contributed by atoms with Crippen LogP contribution in [0.15, 0.2) is 10.9 Å². The van der Waals surface area contributed by atoms with Gasteiger partial charge in [-0.25, -0.2) is 4.98 Å². The summed E-state index contributed by atoms with van der Waals surface area (Å²) in [5, 5.41) is 5.73. The standard InChI is InChI=1S/C12H21N3S/c1-10-3-4-13-11(5-10)6-15(2)7-12-8-16-9-14-12/h8-11,13H,3-7H2,1-2H3. The van der Waals surface area contributed by atoms with Crippen LogP contribution in [0.2, 0.25) is 0 Å². The molecule has 4 heteroatoms. The number of nitrogens with zero attached hydrogens (tertiary/aromatic N) is 2. The van der Waals surface area contributed by atoms with E-state index in [-0.39, 0.29) is 0 Å². The number of nitrogens with one attached hydrogen (secondary N) is 1. The first-order valence-corrected chi connectivity index (χ1v) is 6.97. The summed E-state index contributed by atoms with van der Waals surface area (Å²) in [6, 6.07) is 0.660. The van der Waals surface area contributed by atoms with E-state index in [4.69, 9.17) is 0 Å². The summed E-state index contributed by atoms with van der Waals surface area (Å²) in [6.07, 6.45) is 2.63. The van der Waals surface area contributed by atoms with Gasteiger partial charge in [-0.1, -0.05) is 6.92 Å². The lowest BCUT2D eigenvalue weighted by Crippen LogP contribution is -2.44. The molecule has 1 fully saturated rings. The van der Waals surface area contributed by atoms with Crippen LogP contribution >= 0.6 is 11.3 Å². The highest BCUT2D eigenvalue weighted by molar-refractivity contribution is 7.07. The van der Waals surface area contributed by atoms with Crippen molar-refractivity contribution in [3.63, 3.8) is 0 Å². The molecule has 2 atom stereocenters. The van der Waals surface area contributed by atoms with Gasteiger partial charge in [0.05, 0.1) is 11.2 Å². The fraction of sp³-hybridized carbons (Fsp3) is 0.750. The van der Waals surface area contributed by atoms with Crippen molar-refractivity contribution in [3.05, 3.63) is 16.6 Å². The first-order valence-electron chi connectivity index (χ1n) is 6.03. The van der Waals surface area contributed by atoms with Crippen molar-refractivity contribution >= 4 is 11.3 Å². The maximum absolute atomic E-state index is 4.32. The highest BCUT2D eigenvalue weighted by Gasteiger charge is 2.19. The first-order chi connectivity index (χ1) is 7.74. The van der Waals surface area contributed by atoms with Gasteiger partial charge in [-0.15, -0.1) is 11.3 Å². The Bertz CT molecular complexity index is 299. The SMILES string of the molecule is CC1CCNC(CN(C)Cc2cscn2)C1. The lowest BCUT2D eigenvalue weighted by Gasteiger charge is -2.31. The minimum Gasteiger partial charge on any atom is -0.313 e. The van der Waals surface area contributed by atoms with Crippen molar-refractivity contribution in [2.45, 2.75) is 32.4 Å². The summed E-state index contributed by atoms with van der Waals surface area (Å²) >= 11 is 1.67. The number of aromatic nitrogens is 1. The lowest BCUT2D eigenvalue weighted by atomic mass is 9.94. The van der Waals surface area contributed by atoms with Gasteiger partial charge in [0.1, 0.15) is 0 Å². The van der Waals surface area contributed by atoms with Crippen molar-refractivity contribution in [1.29, 1.82) is 0 Å². The van der Waals surface area contributed by atoms with Crippen LogP contribution in [0.3, 0.4) is 0 Å². The molecule has 2 unspecified atom stereocenters. The van der Waals surface area contributed by atoms with Gasteiger partial charge in [0.25, 0.3) is 0 Å². The second kappa shape index (κ2) is 5.75. The van der Waals surface area contributed by atoms with E-state index >= 15 is 0 Å². The third-order valence-electron chi connectivity index (χ3n) is 3.20. The van der Waals surface area contributed by atoms with Crippen LogP contribution in [-0.4, -0.2) is 36.1 Å². The van der Waals surface area contributed by atoms with Crippen molar-refractivity contribution < 1.29 is 0 Å². The van der Waals surface area contributed by atoms with E-state index in [0.717, 1.165) is 19.0 Å². The third-order valence-corrected chi connectivity index (χ3v) is 3.84. The molecule has 90 valence electrons. The van der Waals surface area contributed by atoms with Gasteiger partial charge in [0.15, 0.2) is 0 Å². The van der Waals surface area contributed by atoms with E-state index in [2.05, 4.69) is 34.6 Å². The number of hydrogen-bond donors (Lipinski definition) is 1. The number of rotatable bonds is 4. The first kappa shape index (κ1) is 12.0. The minimum absolute atomic E-state index is 0.660. The molecule has 0 aliphatic carbocycles. The average molecular weight is 239 g/mol. The Hall–Kier alpha value is -0.450. The second-order valence-electron chi connectivity index (χ2n) is 4.96. The zero-order chi connectivity index (χ0) is 11.4. The van der Waals surface area contributed by atoms with Crippen LogP contribution in [-0.2, 0) is 6.54 Å². The summed E-state index contributed by atoms with van der Waals surface area (Å²) in [5.41, 5.74) is 3.10. The Morgan fingerprint density at radius 2 is 2.50 bits per heavy atom. The fourth-order valence-electron chi connectivity index (χ4n) is 2.39. The molecule has 2 heterocycles. The predicted octanol–water partition coefficient (Wildman–Crippen LogP) is 1.96. The van der Waals surface area contributed by atoms with Crippen LogP contribution in [0.25, 0.3) is 0 Å². The molecular formula is C12H21N3S. The molecule has 1 saturated heterocycles. The van der Waals surface area contributed by atoms with E-state index in [9.17, 15) is 0 Å². The molecule has 3 nitrogen and oxygen atoms in total. The zero-order valence-corrected chi connectivity index (χ0v) is 11.0. The Morgan fingerprint density at radius 1 is 1.62 bits per heavy atom. The van der Waals surface area contributed by atoms with E-state index in [1.807, 2.05) is 5.51 Å². The highest BCUT2D eigenvalue weighted by Crippen LogP contribution is 2.16. The second-order valence-corrected chi connectivity index (χ2v) is 5.68. The molecule has 0 saturated carbocycles. The topological polar surface area (TPSA) is 28.2 Å². The van der Waals surface area contributed by atoms with Gasteiger partial charge < -0.3 is 5.32 Å². The maximum Gasteiger partial charge on any atom is 0.0795 e. The van der Waals surface area contributed by atoms with Crippen LogP contribution < -0.4 is 5.32 Å². The highest BCUT2D eigenvalue weighted by atomic mass is 32.1. The summed E-state index contributed by atoms with van der Waals surface area (Å²) in [4.78, 5) is 6.69. The van der Waals surface area contributed by atoms with Crippen LogP contribution in [0, 0.1) is 5.92 Å². The van der Waals surface area contributed by atoms with E-state index in [0.29, 0.717) is 6.04 Å². The normalized spacial score (nSPS) is 26.2. The predicted molar refractivity (Wildman–Crippen MR) is 68.6 cm³/mol. The van der Waals surface area contributed by atoms with Gasteiger partial charge in [-0.2, -0.15) is 0 Å². The van der Waals surface area contributed by atoms with Crippen molar-refractivity contribution in [1.82, 2.24) is 15.2 Å². The van der Waals surface area contributed by atoms with Crippen LogP contribution in [0.5, 0.6) is 0 Å². The molecule has 1 aliphatic rings. The van der Waals surface area contributed by atoms with Gasteiger partial charge in [-0.05, 0) is 32.4 Å². The summed E-state index contributed by atoms with van der Waals surface area (Å²) in [7, 11) is 2.18. The van der Waals surface area contributed by atoms with Gasteiger partial charge in [-0.3, -0.25) is 4.90 Å². The fourth-order valence-corrected chi connectivity index (χ4v) is 2.94. The Morgan fingerprint density at radius 3 is 3.19 bits per heavy atom. The van der Waals surface area contributed by atoms with E-state index in [1.165, 1.54) is 25.1 Å². The smallest absolute Gasteiger partial charge is 0.0795 e. The largest absolute Gasteiger partial charge is 0.313 e. The van der Waals surface area contributed by atoms with Gasteiger partial charge in [0.2, 0.25) is 0 Å². The Kier molecular flexibility index (Phi) is 4.32. The van der Waals surface area contributed by atoms with Crippen molar-refractivity contribution in [2.75, 3.05) is 20.1 Å². The minimum atomic E-state index is 0.660. The molecule has 0 bridgehead atoms. The summed E-state index contributed by atoms with van der Waals surface area (Å²) in [5.74, 6) is 0.874. The quantitative estimate of drug-likeness (QED) is 0.870. The molecule has 2 rings (SSSR count). The van der Waals surface area contributed by atoms with Crippen molar-refractivity contribution in [3.8, 4) is 0 Å². The molecule has 1 aromatic heterocycles. The molecule has 16 heavy (non-hydrogen) atoms. The summed E-state index contributed by atoms with van der Waals surface area (Å²) < 4.78 is 0. The molecule has 0 spiro atoms. The van der Waals surface area contributed by atoms with Crippen LogP contribution in [0.1, 0.15) is 25.5 Å². The van der Waals surface area contributed by atoms with Gasteiger partial charge in [0, 0.05) is 24.5 Å². The molecule has 0 radical (unpaired) electrons. The molecule has 1 N–H and O–H groups in total. The number of piperidine rings is 1.